The summed E-state index contributed by atoms with van der Waals surface area (Å²) in [6.07, 6.45) is 0.230. The van der Waals surface area contributed by atoms with Crippen LogP contribution in [0.1, 0.15) is 6.42 Å². The molecule has 1 heterocycles. The van der Waals surface area contributed by atoms with Crippen LogP contribution in [-0.2, 0) is 9.59 Å². The Kier molecular flexibility index (Phi) is 3.43. The molecule has 5 nitrogen and oxygen atoms in total. The molecule has 2 N–H and O–H groups in total. The van der Waals surface area contributed by atoms with E-state index in [0.29, 0.717) is 12.2 Å². The molecule has 0 bridgehead atoms. The second-order valence-electron chi connectivity index (χ2n) is 4.33. The summed E-state index contributed by atoms with van der Waals surface area (Å²) >= 11 is 5.74. The quantitative estimate of drug-likeness (QED) is 0.798. The van der Waals surface area contributed by atoms with E-state index in [4.69, 9.17) is 11.6 Å². The highest BCUT2D eigenvalue weighted by atomic mass is 35.5. The van der Waals surface area contributed by atoms with Crippen molar-refractivity contribution in [2.45, 2.75) is 6.42 Å². The number of halogens is 1. The fourth-order valence-electron chi connectivity index (χ4n) is 1.87. The Morgan fingerprint density at radius 2 is 2.28 bits per heavy atom. The van der Waals surface area contributed by atoms with Gasteiger partial charge in [-0.2, -0.15) is 0 Å². The van der Waals surface area contributed by atoms with Crippen LogP contribution in [0.3, 0.4) is 0 Å². The number of nitrogens with zero attached hydrogens (tertiary/aromatic N) is 1. The average molecular weight is 269 g/mol. The molecule has 96 valence electrons. The van der Waals surface area contributed by atoms with Gasteiger partial charge < -0.3 is 15.3 Å². The molecule has 6 heteroatoms. The van der Waals surface area contributed by atoms with Crippen LogP contribution >= 0.6 is 11.6 Å². The predicted molar refractivity (Wildman–Crippen MR) is 67.5 cm³/mol. The van der Waals surface area contributed by atoms with Crippen molar-refractivity contribution < 1.29 is 14.7 Å². The molecule has 18 heavy (non-hydrogen) atoms. The summed E-state index contributed by atoms with van der Waals surface area (Å²) in [6.45, 7) is 0.427. The Morgan fingerprint density at radius 3 is 2.83 bits per heavy atom. The van der Waals surface area contributed by atoms with Gasteiger partial charge in [-0.25, -0.2) is 0 Å². The van der Waals surface area contributed by atoms with Gasteiger partial charge in [0.15, 0.2) is 0 Å². The Hall–Kier alpha value is -1.75. The average Bonchev–Trinajstić information content (AvgIpc) is 2.65. The standard InChI is InChI=1S/C12H13ClN2O3/c1-15-6-7(4-11(15)17)12(18)14-8-2-3-10(16)9(13)5-8/h2-3,5,7,16H,4,6H2,1H3,(H,14,18). The molecule has 1 unspecified atom stereocenters. The lowest BCUT2D eigenvalue weighted by Gasteiger charge is -2.11. The highest BCUT2D eigenvalue weighted by molar-refractivity contribution is 6.32. The first kappa shape index (κ1) is 12.7. The number of rotatable bonds is 2. The van der Waals surface area contributed by atoms with Crippen molar-refractivity contribution in [1.82, 2.24) is 4.90 Å². The van der Waals surface area contributed by atoms with Gasteiger partial charge in [0.05, 0.1) is 10.9 Å². The molecule has 1 aliphatic heterocycles. The van der Waals surface area contributed by atoms with Gasteiger partial charge in [-0.1, -0.05) is 11.6 Å². The van der Waals surface area contributed by atoms with Gasteiger partial charge in [-0.05, 0) is 18.2 Å². The van der Waals surface area contributed by atoms with E-state index in [2.05, 4.69) is 5.32 Å². The van der Waals surface area contributed by atoms with Gasteiger partial charge >= 0.3 is 0 Å². The normalized spacial score (nSPS) is 19.1. The maximum Gasteiger partial charge on any atom is 0.229 e. The van der Waals surface area contributed by atoms with Gasteiger partial charge in [0.25, 0.3) is 0 Å². The number of benzene rings is 1. The minimum Gasteiger partial charge on any atom is -0.506 e. The fraction of sp³-hybridized carbons (Fsp3) is 0.333. The zero-order valence-electron chi connectivity index (χ0n) is 9.81. The first-order valence-corrected chi connectivity index (χ1v) is 5.88. The molecule has 1 fully saturated rings. The maximum absolute atomic E-state index is 11.9. The smallest absolute Gasteiger partial charge is 0.229 e. The molecule has 2 rings (SSSR count). The van der Waals surface area contributed by atoms with Crippen LogP contribution in [0.5, 0.6) is 5.75 Å². The van der Waals surface area contributed by atoms with E-state index in [9.17, 15) is 14.7 Å². The fourth-order valence-corrected chi connectivity index (χ4v) is 2.05. The number of nitrogens with one attached hydrogen (secondary N) is 1. The highest BCUT2D eigenvalue weighted by Crippen LogP contribution is 2.27. The van der Waals surface area contributed by atoms with Crippen LogP contribution in [0.4, 0.5) is 5.69 Å². The van der Waals surface area contributed by atoms with E-state index in [1.807, 2.05) is 0 Å². The van der Waals surface area contributed by atoms with Gasteiger partial charge in [0.2, 0.25) is 11.8 Å². The SMILES string of the molecule is CN1CC(C(=O)Nc2ccc(O)c(Cl)c2)CC1=O. The summed E-state index contributed by atoms with van der Waals surface area (Å²) in [5, 5.41) is 12.1. The number of phenolic OH excluding ortho intramolecular Hbond substituents is 1. The predicted octanol–water partition coefficient (Wildman–Crippen LogP) is 1.46. The molecule has 0 spiro atoms. The number of likely N-dealkylation sites (tertiary alicyclic amines) is 1. The monoisotopic (exact) mass is 268 g/mol. The molecule has 1 atom stereocenters. The van der Waals surface area contributed by atoms with Gasteiger partial charge in [-0.15, -0.1) is 0 Å². The Balaban J connectivity index is 2.03. The molecule has 1 aliphatic rings. The van der Waals surface area contributed by atoms with Crippen molar-refractivity contribution in [3.63, 3.8) is 0 Å². The van der Waals surface area contributed by atoms with E-state index in [1.54, 1.807) is 13.1 Å². The molecule has 0 aromatic heterocycles. The summed E-state index contributed by atoms with van der Waals surface area (Å²) < 4.78 is 0. The Morgan fingerprint density at radius 1 is 1.56 bits per heavy atom. The molecular formula is C12H13ClN2O3. The molecule has 1 aromatic carbocycles. The number of carbonyl (C=O) groups is 2. The van der Waals surface area contributed by atoms with E-state index < -0.39 is 0 Å². The topological polar surface area (TPSA) is 69.6 Å². The van der Waals surface area contributed by atoms with Crippen molar-refractivity contribution in [2.75, 3.05) is 18.9 Å². The lowest BCUT2D eigenvalue weighted by Crippen LogP contribution is -2.25. The second-order valence-corrected chi connectivity index (χ2v) is 4.74. The summed E-state index contributed by atoms with van der Waals surface area (Å²) in [5.41, 5.74) is 0.504. The molecule has 1 saturated heterocycles. The summed E-state index contributed by atoms with van der Waals surface area (Å²) in [7, 11) is 1.67. The third-order valence-corrected chi connectivity index (χ3v) is 3.23. The zero-order chi connectivity index (χ0) is 13.3. The Labute approximate surface area is 109 Å². The number of aromatic hydroxyl groups is 1. The number of carbonyl (C=O) groups excluding carboxylic acids is 2. The van der Waals surface area contributed by atoms with E-state index >= 15 is 0 Å². The summed E-state index contributed by atoms with van der Waals surface area (Å²) in [4.78, 5) is 24.8. The second kappa shape index (κ2) is 4.86. The minimum absolute atomic E-state index is 0.0288. The van der Waals surface area contributed by atoms with Crippen molar-refractivity contribution in [1.29, 1.82) is 0 Å². The zero-order valence-corrected chi connectivity index (χ0v) is 10.6. The number of anilines is 1. The molecular weight excluding hydrogens is 256 g/mol. The lowest BCUT2D eigenvalue weighted by molar-refractivity contribution is -0.127. The first-order valence-electron chi connectivity index (χ1n) is 5.50. The number of amides is 2. The third-order valence-electron chi connectivity index (χ3n) is 2.93. The van der Waals surface area contributed by atoms with E-state index in [-0.39, 0.29) is 34.9 Å². The summed E-state index contributed by atoms with van der Waals surface area (Å²) in [6, 6.07) is 4.43. The van der Waals surface area contributed by atoms with Crippen LogP contribution in [0.25, 0.3) is 0 Å². The highest BCUT2D eigenvalue weighted by Gasteiger charge is 2.32. The van der Waals surface area contributed by atoms with Gasteiger partial charge in [0.1, 0.15) is 5.75 Å². The van der Waals surface area contributed by atoms with Crippen molar-refractivity contribution in [3.8, 4) is 5.75 Å². The minimum atomic E-state index is -0.338. The summed E-state index contributed by atoms with van der Waals surface area (Å²) in [5.74, 6) is -0.617. The Bertz CT molecular complexity index is 504. The van der Waals surface area contributed by atoms with Crippen LogP contribution < -0.4 is 5.32 Å². The number of phenols is 1. The van der Waals surface area contributed by atoms with Crippen molar-refractivity contribution in [3.05, 3.63) is 23.2 Å². The van der Waals surface area contributed by atoms with E-state index in [0.717, 1.165) is 0 Å². The van der Waals surface area contributed by atoms with Crippen LogP contribution in [-0.4, -0.2) is 35.4 Å². The van der Waals surface area contributed by atoms with Crippen LogP contribution in [0.15, 0.2) is 18.2 Å². The third kappa shape index (κ3) is 2.56. The van der Waals surface area contributed by atoms with Crippen LogP contribution in [0.2, 0.25) is 5.02 Å². The largest absolute Gasteiger partial charge is 0.506 e. The van der Waals surface area contributed by atoms with Crippen molar-refractivity contribution in [2.24, 2.45) is 5.92 Å². The molecule has 0 radical (unpaired) electrons. The number of hydrogen-bond donors (Lipinski definition) is 2. The molecule has 0 saturated carbocycles. The first-order chi connectivity index (χ1) is 8.47. The van der Waals surface area contributed by atoms with Gasteiger partial charge in [0, 0.05) is 25.7 Å². The van der Waals surface area contributed by atoms with Crippen molar-refractivity contribution >= 4 is 29.1 Å². The maximum atomic E-state index is 11.9. The van der Waals surface area contributed by atoms with Gasteiger partial charge in [-0.3, -0.25) is 9.59 Å². The molecule has 0 aliphatic carbocycles. The molecule has 1 aromatic rings. The molecule has 2 amide bonds. The lowest BCUT2D eigenvalue weighted by atomic mass is 10.1. The number of hydrogen-bond acceptors (Lipinski definition) is 3. The van der Waals surface area contributed by atoms with E-state index in [1.165, 1.54) is 17.0 Å². The van der Waals surface area contributed by atoms with Crippen LogP contribution in [0, 0.1) is 5.92 Å².